The van der Waals surface area contributed by atoms with Crippen LogP contribution in [0.5, 0.6) is 0 Å². The van der Waals surface area contributed by atoms with Crippen LogP contribution in [-0.4, -0.2) is 15.9 Å². The highest BCUT2D eigenvalue weighted by atomic mass is 32.1. The fourth-order valence-electron chi connectivity index (χ4n) is 3.36. The zero-order chi connectivity index (χ0) is 20.2. The molecular formula is C24H21N3OS. The number of amides is 1. The Morgan fingerprint density at radius 1 is 1.00 bits per heavy atom. The summed E-state index contributed by atoms with van der Waals surface area (Å²) in [5.41, 5.74) is 7.66. The van der Waals surface area contributed by atoms with E-state index in [2.05, 4.69) is 65.5 Å². The van der Waals surface area contributed by atoms with Crippen LogP contribution in [0, 0.1) is 13.8 Å². The highest BCUT2D eigenvalue weighted by molar-refractivity contribution is 7.14. The molecule has 144 valence electrons. The lowest BCUT2D eigenvalue weighted by atomic mass is 9.93. The molecule has 4 rings (SSSR count). The molecule has 1 N–H and O–H groups in total. The molecule has 2 heterocycles. The summed E-state index contributed by atoms with van der Waals surface area (Å²) >= 11 is 1.43. The minimum Gasteiger partial charge on any atom is -0.298 e. The number of pyridine rings is 1. The maximum atomic E-state index is 12.3. The molecule has 0 aliphatic carbocycles. The molecule has 5 heteroatoms. The van der Waals surface area contributed by atoms with E-state index in [1.165, 1.54) is 33.6 Å². The summed E-state index contributed by atoms with van der Waals surface area (Å²) in [4.78, 5) is 20.9. The Kier molecular flexibility index (Phi) is 5.49. The topological polar surface area (TPSA) is 54.9 Å². The highest BCUT2D eigenvalue weighted by Gasteiger charge is 2.12. The average molecular weight is 400 g/mol. The molecule has 0 aliphatic heterocycles. The first-order valence-corrected chi connectivity index (χ1v) is 10.3. The zero-order valence-electron chi connectivity index (χ0n) is 16.3. The first kappa shape index (κ1) is 19.0. The molecule has 29 heavy (non-hydrogen) atoms. The number of nitrogens with one attached hydrogen (secondary N) is 1. The Bertz CT molecular complexity index is 1110. The van der Waals surface area contributed by atoms with E-state index in [9.17, 15) is 4.79 Å². The normalized spacial score (nSPS) is 10.7. The predicted molar refractivity (Wildman–Crippen MR) is 118 cm³/mol. The molecule has 0 saturated carbocycles. The van der Waals surface area contributed by atoms with Crippen molar-refractivity contribution in [3.63, 3.8) is 0 Å². The van der Waals surface area contributed by atoms with Gasteiger partial charge < -0.3 is 0 Å². The van der Waals surface area contributed by atoms with Gasteiger partial charge in [0, 0.05) is 28.9 Å². The maximum Gasteiger partial charge on any atom is 0.257 e. The quantitative estimate of drug-likeness (QED) is 0.471. The van der Waals surface area contributed by atoms with Crippen LogP contribution < -0.4 is 5.32 Å². The van der Waals surface area contributed by atoms with Crippen molar-refractivity contribution < 1.29 is 4.79 Å². The van der Waals surface area contributed by atoms with Gasteiger partial charge in [-0.05, 0) is 66.8 Å². The van der Waals surface area contributed by atoms with E-state index in [1.54, 1.807) is 24.5 Å². The molecule has 0 fully saturated rings. The van der Waals surface area contributed by atoms with E-state index >= 15 is 0 Å². The second kappa shape index (κ2) is 8.37. The smallest absolute Gasteiger partial charge is 0.257 e. The minimum absolute atomic E-state index is 0.182. The van der Waals surface area contributed by atoms with Crippen molar-refractivity contribution in [2.24, 2.45) is 0 Å². The molecule has 4 nitrogen and oxygen atoms in total. The van der Waals surface area contributed by atoms with Crippen molar-refractivity contribution in [1.82, 2.24) is 9.97 Å². The highest BCUT2D eigenvalue weighted by Crippen LogP contribution is 2.29. The third kappa shape index (κ3) is 4.41. The van der Waals surface area contributed by atoms with E-state index in [4.69, 9.17) is 0 Å². The van der Waals surface area contributed by atoms with Gasteiger partial charge in [-0.2, -0.15) is 0 Å². The van der Waals surface area contributed by atoms with Gasteiger partial charge in [0.1, 0.15) is 0 Å². The Balaban J connectivity index is 1.54. The number of nitrogens with zero attached hydrogens (tertiary/aromatic N) is 2. The molecule has 0 spiro atoms. The number of aryl methyl sites for hydroxylation is 2. The van der Waals surface area contributed by atoms with Crippen LogP contribution in [-0.2, 0) is 6.42 Å². The van der Waals surface area contributed by atoms with Crippen LogP contribution in [0.3, 0.4) is 0 Å². The lowest BCUT2D eigenvalue weighted by Gasteiger charge is -2.12. The van der Waals surface area contributed by atoms with Gasteiger partial charge in [-0.1, -0.05) is 30.3 Å². The van der Waals surface area contributed by atoms with Crippen LogP contribution >= 0.6 is 11.3 Å². The van der Waals surface area contributed by atoms with Crippen molar-refractivity contribution in [3.05, 3.63) is 100 Å². The molecule has 0 aliphatic rings. The summed E-state index contributed by atoms with van der Waals surface area (Å²) < 4.78 is 0. The first-order chi connectivity index (χ1) is 14.1. The Hall–Kier alpha value is -3.31. The molecule has 0 atom stereocenters. The number of aromatic nitrogens is 2. The summed E-state index contributed by atoms with van der Waals surface area (Å²) in [6.07, 6.45) is 4.12. The lowest BCUT2D eigenvalue weighted by Crippen LogP contribution is -2.11. The number of rotatable bonds is 5. The summed E-state index contributed by atoms with van der Waals surface area (Å²) in [6.45, 7) is 4.29. The molecule has 0 unspecified atom stereocenters. The molecule has 2 aromatic carbocycles. The summed E-state index contributed by atoms with van der Waals surface area (Å²) in [5.74, 6) is -0.182. The lowest BCUT2D eigenvalue weighted by molar-refractivity contribution is 0.102. The number of carbonyl (C=O) groups excluding carboxylic acids is 1. The standard InChI is InChI=1S/C24H21N3OS/c1-16-12-20(13-17(2)21(16)14-18-6-4-3-5-7-18)22-15-29-24(26-22)27-23(28)19-8-10-25-11-9-19/h3-13,15H,14H2,1-2H3,(H,26,27,28). The van der Waals surface area contributed by atoms with Gasteiger partial charge in [-0.25, -0.2) is 4.98 Å². The van der Waals surface area contributed by atoms with Crippen molar-refractivity contribution >= 4 is 22.4 Å². The number of thiazole rings is 1. The molecule has 1 amide bonds. The number of hydrogen-bond acceptors (Lipinski definition) is 4. The molecule has 2 aromatic heterocycles. The van der Waals surface area contributed by atoms with Crippen molar-refractivity contribution in [3.8, 4) is 11.3 Å². The monoisotopic (exact) mass is 399 g/mol. The number of carbonyl (C=O) groups is 1. The fourth-order valence-corrected chi connectivity index (χ4v) is 4.07. The molecule has 4 aromatic rings. The number of anilines is 1. The van der Waals surface area contributed by atoms with Crippen molar-refractivity contribution in [1.29, 1.82) is 0 Å². The molecule has 0 bridgehead atoms. The van der Waals surface area contributed by atoms with Gasteiger partial charge in [0.05, 0.1) is 5.69 Å². The van der Waals surface area contributed by atoms with Crippen molar-refractivity contribution in [2.45, 2.75) is 20.3 Å². The van der Waals surface area contributed by atoms with Crippen LogP contribution in [0.1, 0.15) is 32.6 Å². The SMILES string of the molecule is Cc1cc(-c2csc(NC(=O)c3ccncc3)n2)cc(C)c1Cc1ccccc1. The Morgan fingerprint density at radius 2 is 1.69 bits per heavy atom. The van der Waals surface area contributed by atoms with Crippen molar-refractivity contribution in [2.75, 3.05) is 5.32 Å². The van der Waals surface area contributed by atoms with Crippen LogP contribution in [0.4, 0.5) is 5.13 Å². The second-order valence-corrected chi connectivity index (χ2v) is 7.84. The Labute approximate surface area is 174 Å². The first-order valence-electron chi connectivity index (χ1n) is 9.41. The molecule has 0 saturated heterocycles. The van der Waals surface area contributed by atoms with E-state index in [0.29, 0.717) is 10.7 Å². The third-order valence-corrected chi connectivity index (χ3v) is 5.64. The van der Waals surface area contributed by atoms with E-state index in [0.717, 1.165) is 17.7 Å². The maximum absolute atomic E-state index is 12.3. The van der Waals surface area contributed by atoms with Gasteiger partial charge in [0.25, 0.3) is 5.91 Å². The average Bonchev–Trinajstić information content (AvgIpc) is 3.20. The summed E-state index contributed by atoms with van der Waals surface area (Å²) in [5, 5.41) is 5.43. The molecular weight excluding hydrogens is 378 g/mol. The largest absolute Gasteiger partial charge is 0.298 e. The number of benzene rings is 2. The van der Waals surface area contributed by atoms with Gasteiger partial charge in [0.2, 0.25) is 0 Å². The van der Waals surface area contributed by atoms with Crippen LogP contribution in [0.15, 0.2) is 72.4 Å². The van der Waals surface area contributed by atoms with E-state index in [1.807, 2.05) is 11.4 Å². The van der Waals surface area contributed by atoms with Crippen LogP contribution in [0.25, 0.3) is 11.3 Å². The van der Waals surface area contributed by atoms with E-state index < -0.39 is 0 Å². The fraction of sp³-hybridized carbons (Fsp3) is 0.125. The van der Waals surface area contributed by atoms with Gasteiger partial charge in [-0.3, -0.25) is 15.1 Å². The third-order valence-electron chi connectivity index (χ3n) is 4.88. The summed E-state index contributed by atoms with van der Waals surface area (Å²) in [6, 6.07) is 18.2. The summed E-state index contributed by atoms with van der Waals surface area (Å²) in [7, 11) is 0. The zero-order valence-corrected chi connectivity index (χ0v) is 17.2. The Morgan fingerprint density at radius 3 is 2.38 bits per heavy atom. The van der Waals surface area contributed by atoms with Crippen LogP contribution in [0.2, 0.25) is 0 Å². The van der Waals surface area contributed by atoms with Gasteiger partial charge in [0.15, 0.2) is 5.13 Å². The predicted octanol–water partition coefficient (Wildman–Crippen LogP) is 5.67. The van der Waals surface area contributed by atoms with Gasteiger partial charge >= 0.3 is 0 Å². The van der Waals surface area contributed by atoms with Gasteiger partial charge in [-0.15, -0.1) is 11.3 Å². The molecule has 0 radical (unpaired) electrons. The minimum atomic E-state index is -0.182. The second-order valence-electron chi connectivity index (χ2n) is 6.98. The number of hydrogen-bond donors (Lipinski definition) is 1. The van der Waals surface area contributed by atoms with E-state index in [-0.39, 0.29) is 5.91 Å².